The van der Waals surface area contributed by atoms with Crippen molar-refractivity contribution in [1.82, 2.24) is 0 Å². The van der Waals surface area contributed by atoms with Crippen LogP contribution in [-0.4, -0.2) is 0 Å². The van der Waals surface area contributed by atoms with Gasteiger partial charge in [0.2, 0.25) is 0 Å². The van der Waals surface area contributed by atoms with Gasteiger partial charge < -0.3 is 4.42 Å². The Morgan fingerprint density at radius 1 is 0.857 bits per heavy atom. The van der Waals surface area contributed by atoms with Gasteiger partial charge in [0.05, 0.1) is 12.5 Å². The Bertz CT molecular complexity index is 66.2. The van der Waals surface area contributed by atoms with Crippen LogP contribution in [0, 0.1) is 0 Å². The summed E-state index contributed by atoms with van der Waals surface area (Å²) in [5, 5.41) is 0. The van der Waals surface area contributed by atoms with E-state index in [1.807, 2.05) is 12.1 Å². The first kappa shape index (κ1) is 10.3. The fraction of sp³-hybridized carbons (Fsp3) is 0. The lowest BCUT2D eigenvalue weighted by Crippen LogP contribution is -1.16. The second-order valence-corrected chi connectivity index (χ2v) is 0.793. The molecule has 0 aromatic carbocycles. The van der Waals surface area contributed by atoms with Gasteiger partial charge in [0.25, 0.3) is 0 Å². The predicted octanol–water partition coefficient (Wildman–Crippen LogP) is 2.44. The molecule has 3 heteroatoms. The Morgan fingerprint density at radius 2 is 1.29 bits per heavy atom. The van der Waals surface area contributed by atoms with Crippen molar-refractivity contribution < 1.29 is 4.42 Å². The second-order valence-electron chi connectivity index (χ2n) is 0.793. The maximum atomic E-state index is 4.58. The van der Waals surface area contributed by atoms with E-state index in [1.54, 1.807) is 12.5 Å². The molecule has 0 amide bonds. The monoisotopic (exact) mass is 228 g/mol. The molecule has 0 radical (unpaired) electrons. The standard InChI is InChI=1S/C4H4O.2BrH/c1-2-4-5-3-1;;/h1-4H;2*1H. The molecule has 1 aromatic rings. The molecule has 0 spiro atoms. The second kappa shape index (κ2) is 6.24. The molecule has 0 aliphatic carbocycles. The number of hydrogen-bond donors (Lipinski definition) is 0. The van der Waals surface area contributed by atoms with E-state index in [2.05, 4.69) is 4.42 Å². The van der Waals surface area contributed by atoms with Crippen molar-refractivity contribution >= 4 is 34.0 Å². The van der Waals surface area contributed by atoms with Crippen LogP contribution in [-0.2, 0) is 0 Å². The quantitative estimate of drug-likeness (QED) is 0.666. The molecule has 1 heterocycles. The van der Waals surface area contributed by atoms with Crippen molar-refractivity contribution in [3.63, 3.8) is 0 Å². The summed E-state index contributed by atoms with van der Waals surface area (Å²) in [6.45, 7) is 0. The molecule has 1 nitrogen and oxygen atoms in total. The average molecular weight is 230 g/mol. The van der Waals surface area contributed by atoms with Crippen LogP contribution >= 0.6 is 34.0 Å². The molecule has 0 unspecified atom stereocenters. The average Bonchev–Trinajstić information content (AvgIpc) is 1.76. The van der Waals surface area contributed by atoms with Crippen LogP contribution in [0.5, 0.6) is 0 Å². The van der Waals surface area contributed by atoms with Crippen molar-refractivity contribution in [2.45, 2.75) is 0 Å². The summed E-state index contributed by atoms with van der Waals surface area (Å²) in [6.07, 6.45) is 3.25. The Kier molecular flexibility index (Phi) is 9.15. The van der Waals surface area contributed by atoms with Gasteiger partial charge in [-0.3, -0.25) is 0 Å². The third kappa shape index (κ3) is 4.09. The van der Waals surface area contributed by atoms with Gasteiger partial charge in [-0.2, -0.15) is 0 Å². The molecule has 0 aliphatic heterocycles. The molecule has 42 valence electrons. The van der Waals surface area contributed by atoms with E-state index in [-0.39, 0.29) is 34.0 Å². The first-order chi connectivity index (χ1) is 2.50. The lowest BCUT2D eigenvalue weighted by Gasteiger charge is -1.50. The minimum absolute atomic E-state index is 0. The van der Waals surface area contributed by atoms with Gasteiger partial charge in [0.15, 0.2) is 0 Å². The number of hydrogen-bond acceptors (Lipinski definition) is 1. The predicted molar refractivity (Wildman–Crippen MR) is 39.4 cm³/mol. The van der Waals surface area contributed by atoms with Crippen molar-refractivity contribution in [2.24, 2.45) is 0 Å². The maximum absolute atomic E-state index is 4.58. The number of furan rings is 1. The molecule has 0 atom stereocenters. The summed E-state index contributed by atoms with van der Waals surface area (Å²) in [5.74, 6) is 0. The molecule has 0 saturated carbocycles. The van der Waals surface area contributed by atoms with Gasteiger partial charge >= 0.3 is 0 Å². The molecule has 1 aromatic heterocycles. The van der Waals surface area contributed by atoms with E-state index < -0.39 is 0 Å². The van der Waals surface area contributed by atoms with Crippen molar-refractivity contribution in [3.05, 3.63) is 24.7 Å². The maximum Gasteiger partial charge on any atom is 0.0902 e. The summed E-state index contributed by atoms with van der Waals surface area (Å²) in [5.41, 5.74) is 0. The summed E-state index contributed by atoms with van der Waals surface area (Å²) in [7, 11) is 0. The van der Waals surface area contributed by atoms with Crippen LogP contribution in [0.25, 0.3) is 0 Å². The Labute approximate surface area is 63.3 Å². The molecule has 7 heavy (non-hydrogen) atoms. The van der Waals surface area contributed by atoms with Crippen LogP contribution in [0.2, 0.25) is 0 Å². The normalized spacial score (nSPS) is 5.71. The van der Waals surface area contributed by atoms with Crippen molar-refractivity contribution in [3.8, 4) is 0 Å². The zero-order chi connectivity index (χ0) is 3.54. The Hall–Kier alpha value is 0.240. The summed E-state index contributed by atoms with van der Waals surface area (Å²) < 4.78 is 4.58. The SMILES string of the molecule is Br.Br.c1ccoc1. The Balaban J connectivity index is 0. The third-order valence-corrected chi connectivity index (χ3v) is 0.425. The lowest BCUT2D eigenvalue weighted by molar-refractivity contribution is 0.567. The highest BCUT2D eigenvalue weighted by Crippen LogP contribution is 1.79. The zero-order valence-corrected chi connectivity index (χ0v) is 6.96. The van der Waals surface area contributed by atoms with Crippen LogP contribution in [0.3, 0.4) is 0 Å². The van der Waals surface area contributed by atoms with Gasteiger partial charge in [-0.15, -0.1) is 34.0 Å². The van der Waals surface area contributed by atoms with Gasteiger partial charge in [0.1, 0.15) is 0 Å². The highest BCUT2D eigenvalue weighted by Gasteiger charge is 1.58. The molecule has 0 N–H and O–H groups in total. The molecule has 0 saturated heterocycles. The highest BCUT2D eigenvalue weighted by molar-refractivity contribution is 8.93. The minimum atomic E-state index is 0. The first-order valence-corrected chi connectivity index (χ1v) is 1.47. The zero-order valence-electron chi connectivity index (χ0n) is 3.53. The van der Waals surface area contributed by atoms with E-state index in [0.29, 0.717) is 0 Å². The van der Waals surface area contributed by atoms with E-state index in [9.17, 15) is 0 Å². The van der Waals surface area contributed by atoms with Gasteiger partial charge in [-0.1, -0.05) is 0 Å². The third-order valence-electron chi connectivity index (χ3n) is 0.425. The van der Waals surface area contributed by atoms with E-state index >= 15 is 0 Å². The van der Waals surface area contributed by atoms with Crippen molar-refractivity contribution in [2.75, 3.05) is 0 Å². The largest absolute Gasteiger partial charge is 0.473 e. The smallest absolute Gasteiger partial charge is 0.0902 e. The van der Waals surface area contributed by atoms with Gasteiger partial charge in [-0.05, 0) is 12.1 Å². The van der Waals surface area contributed by atoms with E-state index in [4.69, 9.17) is 0 Å². The fourth-order valence-electron chi connectivity index (χ4n) is 0.227. The number of halogens is 2. The van der Waals surface area contributed by atoms with Gasteiger partial charge in [-0.25, -0.2) is 0 Å². The molecule has 0 aliphatic rings. The lowest BCUT2D eigenvalue weighted by atomic mass is 10.7. The van der Waals surface area contributed by atoms with Crippen LogP contribution < -0.4 is 0 Å². The molecule has 1 rings (SSSR count). The minimum Gasteiger partial charge on any atom is -0.473 e. The highest BCUT2D eigenvalue weighted by atomic mass is 79.9. The van der Waals surface area contributed by atoms with Crippen LogP contribution in [0.1, 0.15) is 0 Å². The fourth-order valence-corrected chi connectivity index (χ4v) is 0.227. The molecular weight excluding hydrogens is 224 g/mol. The van der Waals surface area contributed by atoms with E-state index in [1.165, 1.54) is 0 Å². The first-order valence-electron chi connectivity index (χ1n) is 1.47. The summed E-state index contributed by atoms with van der Waals surface area (Å²) >= 11 is 0. The van der Waals surface area contributed by atoms with Crippen LogP contribution in [0.15, 0.2) is 29.1 Å². The molecular formula is C4H6Br2O. The van der Waals surface area contributed by atoms with Gasteiger partial charge in [0, 0.05) is 0 Å². The molecule has 0 fully saturated rings. The molecule has 0 bridgehead atoms. The summed E-state index contributed by atoms with van der Waals surface area (Å²) in [4.78, 5) is 0. The van der Waals surface area contributed by atoms with E-state index in [0.717, 1.165) is 0 Å². The topological polar surface area (TPSA) is 13.1 Å². The van der Waals surface area contributed by atoms with Crippen LogP contribution in [0.4, 0.5) is 0 Å². The van der Waals surface area contributed by atoms with Crippen molar-refractivity contribution in [1.29, 1.82) is 0 Å². The Morgan fingerprint density at radius 3 is 1.43 bits per heavy atom. The summed E-state index contributed by atoms with van der Waals surface area (Å²) in [6, 6.07) is 3.67. The number of rotatable bonds is 0.